The predicted octanol–water partition coefficient (Wildman–Crippen LogP) is 4.99. The lowest BCUT2D eigenvalue weighted by molar-refractivity contribution is -0.144. The van der Waals surface area contributed by atoms with Crippen molar-refractivity contribution in [1.82, 2.24) is 9.97 Å². The van der Waals surface area contributed by atoms with Crippen LogP contribution in [-0.4, -0.2) is 16.0 Å². The molecule has 0 fully saturated rings. The molecule has 0 unspecified atom stereocenters. The maximum atomic E-state index is 12.6. The van der Waals surface area contributed by atoms with E-state index in [-0.39, 0.29) is 11.0 Å². The molecule has 0 radical (unpaired) electrons. The van der Waals surface area contributed by atoms with Crippen molar-refractivity contribution in [1.29, 1.82) is 0 Å². The summed E-state index contributed by atoms with van der Waals surface area (Å²) in [6.07, 6.45) is -4.55. The van der Waals surface area contributed by atoms with Gasteiger partial charge in [-0.15, -0.1) is 0 Å². The van der Waals surface area contributed by atoms with Crippen LogP contribution in [0, 0.1) is 0 Å². The SMILES string of the molecule is O=C(Nc1ccc(Br)cc1)Nc1ccc2nc(C(F)(F)F)[nH]c2c1. The Morgan fingerprint density at radius 3 is 2.33 bits per heavy atom. The molecule has 24 heavy (non-hydrogen) atoms. The number of amides is 2. The number of anilines is 2. The molecule has 0 aliphatic carbocycles. The van der Waals surface area contributed by atoms with Crippen molar-refractivity contribution in [3.8, 4) is 0 Å². The van der Waals surface area contributed by atoms with E-state index in [9.17, 15) is 18.0 Å². The number of aromatic amines is 1. The van der Waals surface area contributed by atoms with Gasteiger partial charge in [0.15, 0.2) is 0 Å². The molecular formula is C15H10BrF3N4O. The highest BCUT2D eigenvalue weighted by molar-refractivity contribution is 9.10. The molecule has 3 N–H and O–H groups in total. The lowest BCUT2D eigenvalue weighted by Gasteiger charge is -2.07. The lowest BCUT2D eigenvalue weighted by Crippen LogP contribution is -2.19. The van der Waals surface area contributed by atoms with E-state index in [4.69, 9.17) is 0 Å². The van der Waals surface area contributed by atoms with Gasteiger partial charge in [0.1, 0.15) is 0 Å². The van der Waals surface area contributed by atoms with Gasteiger partial charge >= 0.3 is 12.2 Å². The van der Waals surface area contributed by atoms with Crippen LogP contribution in [-0.2, 0) is 6.18 Å². The van der Waals surface area contributed by atoms with E-state index in [0.717, 1.165) is 4.47 Å². The van der Waals surface area contributed by atoms with Crippen LogP contribution in [0.3, 0.4) is 0 Å². The molecule has 0 aliphatic heterocycles. The first-order valence-electron chi connectivity index (χ1n) is 6.72. The van der Waals surface area contributed by atoms with Crippen LogP contribution >= 0.6 is 15.9 Å². The molecule has 1 aromatic heterocycles. The van der Waals surface area contributed by atoms with Crippen molar-refractivity contribution < 1.29 is 18.0 Å². The molecule has 2 aromatic carbocycles. The second-order valence-corrected chi connectivity index (χ2v) is 5.82. The van der Waals surface area contributed by atoms with Gasteiger partial charge in [-0.1, -0.05) is 15.9 Å². The Morgan fingerprint density at radius 1 is 1.04 bits per heavy atom. The first kappa shape index (κ1) is 16.3. The lowest BCUT2D eigenvalue weighted by atomic mass is 10.3. The van der Waals surface area contributed by atoms with E-state index in [1.54, 1.807) is 24.3 Å². The molecule has 2 amide bonds. The highest BCUT2D eigenvalue weighted by Crippen LogP contribution is 2.29. The van der Waals surface area contributed by atoms with Crippen LogP contribution in [0.5, 0.6) is 0 Å². The van der Waals surface area contributed by atoms with Gasteiger partial charge in [-0.05, 0) is 42.5 Å². The number of nitrogens with zero attached hydrogens (tertiary/aromatic N) is 1. The highest BCUT2D eigenvalue weighted by Gasteiger charge is 2.34. The molecule has 0 bridgehead atoms. The summed E-state index contributed by atoms with van der Waals surface area (Å²) in [6.45, 7) is 0. The number of carbonyl (C=O) groups is 1. The minimum atomic E-state index is -4.55. The van der Waals surface area contributed by atoms with Crippen LogP contribution in [0.1, 0.15) is 5.82 Å². The zero-order chi connectivity index (χ0) is 17.3. The zero-order valence-corrected chi connectivity index (χ0v) is 13.5. The van der Waals surface area contributed by atoms with Crippen LogP contribution in [0.2, 0.25) is 0 Å². The largest absolute Gasteiger partial charge is 0.449 e. The van der Waals surface area contributed by atoms with Crippen molar-refractivity contribution in [2.75, 3.05) is 10.6 Å². The van der Waals surface area contributed by atoms with E-state index in [2.05, 4.69) is 36.5 Å². The summed E-state index contributed by atoms with van der Waals surface area (Å²) in [7, 11) is 0. The Hall–Kier alpha value is -2.55. The Kier molecular flexibility index (Phi) is 4.18. The maximum absolute atomic E-state index is 12.6. The smallest absolute Gasteiger partial charge is 0.334 e. The molecule has 5 nitrogen and oxygen atoms in total. The Labute approximate surface area is 142 Å². The molecule has 3 rings (SSSR count). The minimum absolute atomic E-state index is 0.168. The molecular weight excluding hydrogens is 389 g/mol. The number of halogens is 4. The number of urea groups is 1. The van der Waals surface area contributed by atoms with E-state index >= 15 is 0 Å². The highest BCUT2D eigenvalue weighted by atomic mass is 79.9. The number of rotatable bonds is 2. The molecule has 3 aromatic rings. The molecule has 124 valence electrons. The van der Waals surface area contributed by atoms with Crippen LogP contribution < -0.4 is 10.6 Å². The third-order valence-electron chi connectivity index (χ3n) is 3.11. The molecule has 0 saturated carbocycles. The molecule has 9 heteroatoms. The number of alkyl halides is 3. The van der Waals surface area contributed by atoms with Gasteiger partial charge in [0.25, 0.3) is 0 Å². The molecule has 1 heterocycles. The second-order valence-electron chi connectivity index (χ2n) is 4.90. The number of fused-ring (bicyclic) bond motifs is 1. The fourth-order valence-electron chi connectivity index (χ4n) is 2.05. The number of imidazole rings is 1. The van der Waals surface area contributed by atoms with E-state index < -0.39 is 18.0 Å². The van der Waals surface area contributed by atoms with Crippen molar-refractivity contribution >= 4 is 44.4 Å². The van der Waals surface area contributed by atoms with Gasteiger partial charge < -0.3 is 15.6 Å². The normalized spacial score (nSPS) is 11.5. The Bertz CT molecular complexity index is 890. The van der Waals surface area contributed by atoms with Gasteiger partial charge in [0.05, 0.1) is 11.0 Å². The third-order valence-corrected chi connectivity index (χ3v) is 3.64. The number of hydrogen-bond donors (Lipinski definition) is 3. The Morgan fingerprint density at radius 2 is 1.67 bits per heavy atom. The second kappa shape index (κ2) is 6.16. The topological polar surface area (TPSA) is 69.8 Å². The standard InChI is InChI=1S/C15H10BrF3N4O/c16-8-1-3-9(4-2-8)20-14(24)21-10-5-6-11-12(7-10)23-13(22-11)15(17,18)19/h1-7H,(H,22,23)(H2,20,21,24). The van der Waals surface area contributed by atoms with Gasteiger partial charge in [0, 0.05) is 15.8 Å². The maximum Gasteiger partial charge on any atom is 0.449 e. The minimum Gasteiger partial charge on any atom is -0.334 e. The van der Waals surface area contributed by atoms with Crippen LogP contribution in [0.15, 0.2) is 46.9 Å². The molecule has 0 atom stereocenters. The number of H-pyrrole nitrogens is 1. The summed E-state index contributed by atoms with van der Waals surface area (Å²) in [6, 6.07) is 10.7. The number of aromatic nitrogens is 2. The summed E-state index contributed by atoms with van der Waals surface area (Å²) in [4.78, 5) is 17.6. The summed E-state index contributed by atoms with van der Waals surface area (Å²) >= 11 is 3.29. The zero-order valence-electron chi connectivity index (χ0n) is 11.9. The first-order chi connectivity index (χ1) is 11.3. The number of hydrogen-bond acceptors (Lipinski definition) is 2. The van der Waals surface area contributed by atoms with Gasteiger partial charge in [-0.3, -0.25) is 0 Å². The average Bonchev–Trinajstić information content (AvgIpc) is 2.93. The number of carbonyl (C=O) groups excluding carboxylic acids is 1. The Balaban J connectivity index is 1.74. The number of benzene rings is 2. The summed E-state index contributed by atoms with van der Waals surface area (Å²) in [5.74, 6) is -1.08. The molecule has 0 aliphatic rings. The van der Waals surface area contributed by atoms with Crippen LogP contribution in [0.25, 0.3) is 11.0 Å². The summed E-state index contributed by atoms with van der Waals surface area (Å²) in [5, 5.41) is 5.17. The average molecular weight is 399 g/mol. The third kappa shape index (κ3) is 3.67. The monoisotopic (exact) mass is 398 g/mol. The van der Waals surface area contributed by atoms with Crippen molar-refractivity contribution in [2.45, 2.75) is 6.18 Å². The van der Waals surface area contributed by atoms with Gasteiger partial charge in [-0.25, -0.2) is 9.78 Å². The first-order valence-corrected chi connectivity index (χ1v) is 7.51. The van der Waals surface area contributed by atoms with Crippen molar-refractivity contribution in [3.05, 3.63) is 52.8 Å². The van der Waals surface area contributed by atoms with Gasteiger partial charge in [0.2, 0.25) is 5.82 Å². The quantitative estimate of drug-likeness (QED) is 0.569. The fraction of sp³-hybridized carbons (Fsp3) is 0.0667. The predicted molar refractivity (Wildman–Crippen MR) is 87.9 cm³/mol. The fourth-order valence-corrected chi connectivity index (χ4v) is 2.31. The van der Waals surface area contributed by atoms with Crippen molar-refractivity contribution in [2.24, 2.45) is 0 Å². The van der Waals surface area contributed by atoms with E-state index in [1.165, 1.54) is 18.2 Å². The van der Waals surface area contributed by atoms with Gasteiger partial charge in [-0.2, -0.15) is 13.2 Å². The van der Waals surface area contributed by atoms with E-state index in [1.807, 2.05) is 0 Å². The van der Waals surface area contributed by atoms with Crippen molar-refractivity contribution in [3.63, 3.8) is 0 Å². The molecule has 0 spiro atoms. The summed E-state index contributed by atoms with van der Waals surface area (Å²) < 4.78 is 38.8. The molecule has 0 saturated heterocycles. The number of nitrogens with one attached hydrogen (secondary N) is 3. The summed E-state index contributed by atoms with van der Waals surface area (Å²) in [5.41, 5.74) is 1.28. The van der Waals surface area contributed by atoms with Crippen LogP contribution in [0.4, 0.5) is 29.3 Å². The van der Waals surface area contributed by atoms with E-state index in [0.29, 0.717) is 11.4 Å².